The molecule has 0 spiro atoms. The number of hydrogen-bond donors (Lipinski definition) is 0. The third-order valence-corrected chi connectivity index (χ3v) is 5.07. The lowest BCUT2D eigenvalue weighted by Gasteiger charge is -2.22. The molecule has 0 radical (unpaired) electrons. The van der Waals surface area contributed by atoms with Gasteiger partial charge in [0.1, 0.15) is 19.0 Å². The van der Waals surface area contributed by atoms with Gasteiger partial charge in [0.25, 0.3) is 0 Å². The summed E-state index contributed by atoms with van der Waals surface area (Å²) in [7, 11) is 0. The standard InChI is InChI=1S/C23H28N2O2/c1-15-11-18(23(4,5)6)12-16(2)19(15)14-27-22(26)13-25-17(3)24-20-9-7-8-10-21(20)25/h7-12H,13-14H2,1-6H3. The fraction of sp³-hybridized carbons (Fsp3) is 0.391. The van der Waals surface area contributed by atoms with Gasteiger partial charge in [-0.05, 0) is 60.6 Å². The second-order valence-electron chi connectivity index (χ2n) is 8.23. The van der Waals surface area contributed by atoms with Crippen molar-refractivity contribution in [2.75, 3.05) is 0 Å². The van der Waals surface area contributed by atoms with E-state index in [2.05, 4.69) is 51.7 Å². The highest BCUT2D eigenvalue weighted by atomic mass is 16.5. The number of benzene rings is 2. The third-order valence-electron chi connectivity index (χ3n) is 5.07. The van der Waals surface area contributed by atoms with Crippen molar-refractivity contribution in [2.24, 2.45) is 0 Å². The molecular formula is C23H28N2O2. The van der Waals surface area contributed by atoms with Crippen molar-refractivity contribution in [2.45, 2.75) is 60.1 Å². The first kappa shape index (κ1) is 19.2. The molecule has 0 aliphatic carbocycles. The Balaban J connectivity index is 1.73. The van der Waals surface area contributed by atoms with Crippen molar-refractivity contribution < 1.29 is 9.53 Å². The van der Waals surface area contributed by atoms with Gasteiger partial charge in [-0.1, -0.05) is 45.0 Å². The summed E-state index contributed by atoms with van der Waals surface area (Å²) < 4.78 is 7.51. The second-order valence-corrected chi connectivity index (χ2v) is 8.23. The van der Waals surface area contributed by atoms with E-state index in [0.717, 1.165) is 33.5 Å². The van der Waals surface area contributed by atoms with Crippen molar-refractivity contribution in [3.05, 3.63) is 64.5 Å². The number of carbonyl (C=O) groups is 1. The van der Waals surface area contributed by atoms with Crippen LogP contribution in [0.4, 0.5) is 0 Å². The summed E-state index contributed by atoms with van der Waals surface area (Å²) in [5, 5.41) is 0. The molecule has 0 N–H and O–H groups in total. The minimum absolute atomic E-state index is 0.102. The van der Waals surface area contributed by atoms with Gasteiger partial charge < -0.3 is 9.30 Å². The average molecular weight is 364 g/mol. The molecule has 1 aromatic heterocycles. The maximum absolute atomic E-state index is 12.5. The summed E-state index contributed by atoms with van der Waals surface area (Å²) in [6, 6.07) is 12.2. The number of para-hydroxylation sites is 2. The SMILES string of the molecule is Cc1cc(C(C)(C)C)cc(C)c1COC(=O)Cn1c(C)nc2ccccc21. The Morgan fingerprint density at radius 3 is 2.33 bits per heavy atom. The lowest BCUT2D eigenvalue weighted by atomic mass is 9.84. The summed E-state index contributed by atoms with van der Waals surface area (Å²) in [4.78, 5) is 17.0. The molecule has 0 bridgehead atoms. The molecule has 1 heterocycles. The number of aryl methyl sites for hydroxylation is 3. The van der Waals surface area contributed by atoms with Crippen LogP contribution in [0.1, 0.15) is 48.8 Å². The summed E-state index contributed by atoms with van der Waals surface area (Å²) in [6.07, 6.45) is 0. The van der Waals surface area contributed by atoms with Crippen LogP contribution in [0.5, 0.6) is 0 Å². The Morgan fingerprint density at radius 1 is 1.07 bits per heavy atom. The Morgan fingerprint density at radius 2 is 1.70 bits per heavy atom. The van der Waals surface area contributed by atoms with Crippen LogP contribution in [0.25, 0.3) is 11.0 Å². The molecule has 27 heavy (non-hydrogen) atoms. The van der Waals surface area contributed by atoms with Gasteiger partial charge in [0.15, 0.2) is 0 Å². The highest BCUT2D eigenvalue weighted by molar-refractivity contribution is 5.78. The number of hydrogen-bond acceptors (Lipinski definition) is 3. The first-order chi connectivity index (χ1) is 12.7. The number of ether oxygens (including phenoxy) is 1. The summed E-state index contributed by atoms with van der Waals surface area (Å²) in [6.45, 7) is 13.2. The molecular weight excluding hydrogens is 336 g/mol. The predicted octanol–water partition coefficient (Wildman–Crippen LogP) is 5.00. The molecule has 0 aliphatic heterocycles. The van der Waals surface area contributed by atoms with Gasteiger partial charge in [-0.25, -0.2) is 4.98 Å². The highest BCUT2D eigenvalue weighted by Gasteiger charge is 2.17. The lowest BCUT2D eigenvalue weighted by molar-refractivity contribution is -0.145. The molecule has 2 aromatic carbocycles. The molecule has 142 valence electrons. The van der Waals surface area contributed by atoms with Gasteiger partial charge in [-0.15, -0.1) is 0 Å². The molecule has 0 aliphatic rings. The number of nitrogens with zero attached hydrogens (tertiary/aromatic N) is 2. The maximum atomic E-state index is 12.5. The summed E-state index contributed by atoms with van der Waals surface area (Å²) in [5.74, 6) is 0.565. The number of fused-ring (bicyclic) bond motifs is 1. The number of imidazole rings is 1. The zero-order valence-corrected chi connectivity index (χ0v) is 17.1. The van der Waals surface area contributed by atoms with Gasteiger partial charge in [0, 0.05) is 0 Å². The van der Waals surface area contributed by atoms with Crippen LogP contribution in [0.15, 0.2) is 36.4 Å². The molecule has 3 rings (SSSR count). The molecule has 0 saturated carbocycles. The quantitative estimate of drug-likeness (QED) is 0.612. The molecule has 4 nitrogen and oxygen atoms in total. The van der Waals surface area contributed by atoms with Crippen LogP contribution in [-0.2, 0) is 28.1 Å². The normalized spacial score (nSPS) is 11.8. The van der Waals surface area contributed by atoms with E-state index in [1.165, 1.54) is 5.56 Å². The fourth-order valence-electron chi connectivity index (χ4n) is 3.38. The average Bonchev–Trinajstić information content (AvgIpc) is 2.89. The van der Waals surface area contributed by atoms with E-state index in [0.29, 0.717) is 6.61 Å². The number of aromatic nitrogens is 2. The first-order valence-corrected chi connectivity index (χ1v) is 9.35. The van der Waals surface area contributed by atoms with E-state index in [4.69, 9.17) is 4.74 Å². The Bertz CT molecular complexity index is 970. The predicted molar refractivity (Wildman–Crippen MR) is 109 cm³/mol. The van der Waals surface area contributed by atoms with Crippen LogP contribution in [0, 0.1) is 20.8 Å². The van der Waals surface area contributed by atoms with Crippen LogP contribution in [0.2, 0.25) is 0 Å². The number of esters is 1. The highest BCUT2D eigenvalue weighted by Crippen LogP contribution is 2.27. The van der Waals surface area contributed by atoms with E-state index in [9.17, 15) is 4.79 Å². The maximum Gasteiger partial charge on any atom is 0.326 e. The molecule has 3 aromatic rings. The van der Waals surface area contributed by atoms with Gasteiger partial charge in [-0.2, -0.15) is 0 Å². The van der Waals surface area contributed by atoms with Crippen molar-refractivity contribution in [3.8, 4) is 0 Å². The van der Waals surface area contributed by atoms with E-state index in [1.54, 1.807) is 0 Å². The largest absolute Gasteiger partial charge is 0.459 e. The van der Waals surface area contributed by atoms with E-state index in [1.807, 2.05) is 35.8 Å². The topological polar surface area (TPSA) is 44.1 Å². The third kappa shape index (κ3) is 4.05. The minimum Gasteiger partial charge on any atom is -0.459 e. The molecule has 0 atom stereocenters. The van der Waals surface area contributed by atoms with E-state index in [-0.39, 0.29) is 17.9 Å². The molecule has 4 heteroatoms. The Hall–Kier alpha value is -2.62. The van der Waals surface area contributed by atoms with Crippen LogP contribution >= 0.6 is 0 Å². The molecule has 0 fully saturated rings. The molecule has 0 amide bonds. The van der Waals surface area contributed by atoms with Crippen LogP contribution < -0.4 is 0 Å². The zero-order valence-electron chi connectivity index (χ0n) is 17.1. The summed E-state index contributed by atoms with van der Waals surface area (Å²) >= 11 is 0. The smallest absolute Gasteiger partial charge is 0.326 e. The van der Waals surface area contributed by atoms with E-state index >= 15 is 0 Å². The van der Waals surface area contributed by atoms with Crippen LogP contribution in [0.3, 0.4) is 0 Å². The van der Waals surface area contributed by atoms with Gasteiger partial charge in [0.2, 0.25) is 0 Å². The van der Waals surface area contributed by atoms with E-state index < -0.39 is 0 Å². The van der Waals surface area contributed by atoms with Gasteiger partial charge in [0.05, 0.1) is 11.0 Å². The van der Waals surface area contributed by atoms with Gasteiger partial charge in [-0.3, -0.25) is 4.79 Å². The Labute approximate surface area is 161 Å². The first-order valence-electron chi connectivity index (χ1n) is 9.35. The van der Waals surface area contributed by atoms with Crippen molar-refractivity contribution in [1.29, 1.82) is 0 Å². The Kier molecular flexibility index (Phi) is 5.09. The van der Waals surface area contributed by atoms with Gasteiger partial charge >= 0.3 is 5.97 Å². The van der Waals surface area contributed by atoms with Crippen molar-refractivity contribution in [1.82, 2.24) is 9.55 Å². The zero-order chi connectivity index (χ0) is 19.8. The molecule has 0 saturated heterocycles. The lowest BCUT2D eigenvalue weighted by Crippen LogP contribution is -2.16. The number of carbonyl (C=O) groups excluding carboxylic acids is 1. The van der Waals surface area contributed by atoms with Crippen molar-refractivity contribution >= 4 is 17.0 Å². The monoisotopic (exact) mass is 364 g/mol. The van der Waals surface area contributed by atoms with Crippen LogP contribution in [-0.4, -0.2) is 15.5 Å². The summed E-state index contributed by atoms with van der Waals surface area (Å²) in [5.41, 5.74) is 6.66. The number of rotatable bonds is 4. The fourth-order valence-corrected chi connectivity index (χ4v) is 3.38. The second kappa shape index (κ2) is 7.18. The molecule has 0 unspecified atom stereocenters. The minimum atomic E-state index is -0.250. The van der Waals surface area contributed by atoms with Crippen molar-refractivity contribution in [3.63, 3.8) is 0 Å².